The minimum Gasteiger partial charge on any atom is -0.493 e. The van der Waals surface area contributed by atoms with E-state index in [-0.39, 0.29) is 0 Å². The van der Waals surface area contributed by atoms with Crippen LogP contribution in [0.4, 0.5) is 0 Å². The summed E-state index contributed by atoms with van der Waals surface area (Å²) in [6, 6.07) is 11.9. The van der Waals surface area contributed by atoms with E-state index in [0.717, 1.165) is 84.8 Å². The van der Waals surface area contributed by atoms with Gasteiger partial charge in [0.2, 0.25) is 0 Å². The second-order valence-corrected chi connectivity index (χ2v) is 7.92. The summed E-state index contributed by atoms with van der Waals surface area (Å²) in [5, 5.41) is 0.731. The van der Waals surface area contributed by atoms with Crippen molar-refractivity contribution in [3.8, 4) is 11.5 Å². The van der Waals surface area contributed by atoms with Gasteiger partial charge in [-0.1, -0.05) is 17.7 Å². The van der Waals surface area contributed by atoms with Crippen molar-refractivity contribution >= 4 is 22.6 Å². The summed E-state index contributed by atoms with van der Waals surface area (Å²) in [5.41, 5.74) is 3.18. The summed E-state index contributed by atoms with van der Waals surface area (Å²) in [4.78, 5) is 7.37. The van der Waals surface area contributed by atoms with E-state index >= 15 is 0 Å². The monoisotopic (exact) mass is 429 g/mol. The Bertz CT molecular complexity index is 999. The first-order chi connectivity index (χ1) is 14.7. The van der Waals surface area contributed by atoms with Gasteiger partial charge in [-0.2, -0.15) is 0 Å². The van der Waals surface area contributed by atoms with Crippen LogP contribution in [0.1, 0.15) is 17.8 Å². The predicted molar refractivity (Wildman–Crippen MR) is 119 cm³/mol. The molecule has 0 atom stereocenters. The Morgan fingerprint density at radius 3 is 2.57 bits per heavy atom. The van der Waals surface area contributed by atoms with Crippen molar-refractivity contribution in [3.63, 3.8) is 0 Å². The van der Waals surface area contributed by atoms with Crippen LogP contribution in [0.3, 0.4) is 0 Å². The number of halogens is 1. The Morgan fingerprint density at radius 1 is 1.00 bits per heavy atom. The van der Waals surface area contributed by atoms with E-state index in [1.165, 1.54) is 0 Å². The molecule has 4 rings (SSSR count). The molecule has 1 aromatic heterocycles. The molecule has 0 aliphatic carbocycles. The lowest BCUT2D eigenvalue weighted by molar-refractivity contribution is 0.0369. The van der Waals surface area contributed by atoms with Crippen molar-refractivity contribution in [1.29, 1.82) is 0 Å². The molecule has 1 saturated heterocycles. The molecule has 0 bridgehead atoms. The van der Waals surface area contributed by atoms with Crippen LogP contribution in [0, 0.1) is 0 Å². The van der Waals surface area contributed by atoms with E-state index in [4.69, 9.17) is 30.8 Å². The van der Waals surface area contributed by atoms with Crippen molar-refractivity contribution in [2.45, 2.75) is 19.4 Å². The Hall–Kier alpha value is -2.28. The molecule has 30 heavy (non-hydrogen) atoms. The van der Waals surface area contributed by atoms with Crippen molar-refractivity contribution < 1.29 is 14.2 Å². The van der Waals surface area contributed by atoms with Gasteiger partial charge in [0, 0.05) is 37.6 Å². The third-order valence-corrected chi connectivity index (χ3v) is 5.79. The van der Waals surface area contributed by atoms with E-state index in [9.17, 15) is 0 Å². The number of aryl methyl sites for hydroxylation is 1. The molecule has 6 nitrogen and oxygen atoms in total. The first kappa shape index (κ1) is 21.0. The SMILES string of the molecule is COc1ccc(Cc2nc3ccc(Cl)cc3n2CCCN2CCOCC2)cc1OC. The number of fused-ring (bicyclic) bond motifs is 1. The van der Waals surface area contributed by atoms with Crippen molar-refractivity contribution in [1.82, 2.24) is 14.5 Å². The quantitative estimate of drug-likeness (QED) is 0.541. The molecule has 0 unspecified atom stereocenters. The highest BCUT2D eigenvalue weighted by molar-refractivity contribution is 6.31. The predicted octanol–water partition coefficient (Wildman–Crippen LogP) is 4.02. The average Bonchev–Trinajstić information content (AvgIpc) is 3.10. The smallest absolute Gasteiger partial charge is 0.161 e. The van der Waals surface area contributed by atoms with Crippen LogP contribution in [-0.2, 0) is 17.7 Å². The number of ether oxygens (including phenoxy) is 3. The topological polar surface area (TPSA) is 48.8 Å². The zero-order valence-corrected chi connectivity index (χ0v) is 18.3. The molecule has 1 aliphatic heterocycles. The van der Waals surface area contributed by atoms with Crippen LogP contribution in [0.25, 0.3) is 11.0 Å². The Balaban J connectivity index is 1.58. The van der Waals surface area contributed by atoms with Gasteiger partial charge in [-0.15, -0.1) is 0 Å². The van der Waals surface area contributed by atoms with Gasteiger partial charge < -0.3 is 18.8 Å². The first-order valence-electron chi connectivity index (χ1n) is 10.3. The lowest BCUT2D eigenvalue weighted by Crippen LogP contribution is -2.37. The van der Waals surface area contributed by atoms with Crippen LogP contribution in [0.2, 0.25) is 5.02 Å². The van der Waals surface area contributed by atoms with Crippen LogP contribution < -0.4 is 9.47 Å². The van der Waals surface area contributed by atoms with Gasteiger partial charge in [-0.25, -0.2) is 4.98 Å². The molecule has 0 amide bonds. The third-order valence-electron chi connectivity index (χ3n) is 5.56. The molecule has 0 N–H and O–H groups in total. The maximum Gasteiger partial charge on any atom is 0.161 e. The highest BCUT2D eigenvalue weighted by atomic mass is 35.5. The minimum atomic E-state index is 0.713. The number of benzene rings is 2. The van der Waals surface area contributed by atoms with Gasteiger partial charge in [-0.3, -0.25) is 4.90 Å². The second kappa shape index (κ2) is 9.69. The number of imidazole rings is 1. The number of hydrogen-bond donors (Lipinski definition) is 0. The number of hydrogen-bond acceptors (Lipinski definition) is 5. The van der Waals surface area contributed by atoms with Gasteiger partial charge in [0.05, 0.1) is 38.5 Å². The van der Waals surface area contributed by atoms with Gasteiger partial charge in [0.25, 0.3) is 0 Å². The number of aromatic nitrogens is 2. The number of nitrogens with zero attached hydrogens (tertiary/aromatic N) is 3. The summed E-state index contributed by atoms with van der Waals surface area (Å²) >= 11 is 6.30. The zero-order valence-electron chi connectivity index (χ0n) is 17.6. The zero-order chi connectivity index (χ0) is 20.9. The maximum absolute atomic E-state index is 6.30. The fraction of sp³-hybridized carbons (Fsp3) is 0.435. The molecule has 0 spiro atoms. The van der Waals surface area contributed by atoms with E-state index in [1.807, 2.05) is 30.3 Å². The van der Waals surface area contributed by atoms with Crippen LogP contribution in [-0.4, -0.2) is 61.5 Å². The fourth-order valence-electron chi connectivity index (χ4n) is 3.98. The number of rotatable bonds is 8. The van der Waals surface area contributed by atoms with Crippen molar-refractivity contribution in [2.24, 2.45) is 0 Å². The Kier molecular flexibility index (Phi) is 6.77. The van der Waals surface area contributed by atoms with Crippen LogP contribution >= 0.6 is 11.6 Å². The Labute approximate surface area is 182 Å². The van der Waals surface area contributed by atoms with Gasteiger partial charge in [-0.05, 0) is 42.3 Å². The molecule has 1 fully saturated rings. The van der Waals surface area contributed by atoms with E-state index in [2.05, 4.69) is 15.5 Å². The fourth-order valence-corrected chi connectivity index (χ4v) is 4.15. The highest BCUT2D eigenvalue weighted by Gasteiger charge is 2.15. The molecule has 0 radical (unpaired) electrons. The van der Waals surface area contributed by atoms with Crippen molar-refractivity contribution in [2.75, 3.05) is 47.1 Å². The molecule has 0 saturated carbocycles. The Morgan fingerprint density at radius 2 is 1.80 bits per heavy atom. The second-order valence-electron chi connectivity index (χ2n) is 7.49. The molecule has 3 aromatic rings. The molecular weight excluding hydrogens is 402 g/mol. The number of morpholine rings is 1. The van der Waals surface area contributed by atoms with Gasteiger partial charge >= 0.3 is 0 Å². The highest BCUT2D eigenvalue weighted by Crippen LogP contribution is 2.29. The summed E-state index contributed by atoms with van der Waals surface area (Å²) in [7, 11) is 3.31. The molecular formula is C23H28ClN3O3. The van der Waals surface area contributed by atoms with Crippen LogP contribution in [0.5, 0.6) is 11.5 Å². The van der Waals surface area contributed by atoms with Crippen molar-refractivity contribution in [3.05, 3.63) is 52.8 Å². The van der Waals surface area contributed by atoms with E-state index in [1.54, 1.807) is 14.2 Å². The largest absolute Gasteiger partial charge is 0.493 e. The molecule has 2 heterocycles. The van der Waals surface area contributed by atoms with Gasteiger partial charge in [0.15, 0.2) is 11.5 Å². The molecule has 1 aliphatic rings. The van der Waals surface area contributed by atoms with E-state index in [0.29, 0.717) is 6.42 Å². The lowest BCUT2D eigenvalue weighted by atomic mass is 10.1. The molecule has 160 valence electrons. The first-order valence-corrected chi connectivity index (χ1v) is 10.7. The standard InChI is InChI=1S/C23H28ClN3O3/c1-28-21-7-4-17(14-22(21)29-2)15-23-25-19-6-5-18(24)16-20(19)27(23)9-3-8-26-10-12-30-13-11-26/h4-7,14,16H,3,8-13,15H2,1-2H3. The average molecular weight is 430 g/mol. The lowest BCUT2D eigenvalue weighted by Gasteiger charge is -2.26. The summed E-state index contributed by atoms with van der Waals surface area (Å²) in [5.74, 6) is 2.49. The van der Waals surface area contributed by atoms with Crippen LogP contribution in [0.15, 0.2) is 36.4 Å². The molecule has 7 heteroatoms. The maximum atomic E-state index is 6.30. The summed E-state index contributed by atoms with van der Waals surface area (Å²) in [6.07, 6.45) is 1.76. The summed E-state index contributed by atoms with van der Waals surface area (Å²) in [6.45, 7) is 5.63. The summed E-state index contributed by atoms with van der Waals surface area (Å²) < 4.78 is 18.6. The molecule has 2 aromatic carbocycles. The number of methoxy groups -OCH3 is 2. The normalized spacial score (nSPS) is 14.9. The van der Waals surface area contributed by atoms with E-state index < -0.39 is 0 Å². The minimum absolute atomic E-state index is 0.713. The van der Waals surface area contributed by atoms with Gasteiger partial charge in [0.1, 0.15) is 5.82 Å². The third kappa shape index (κ3) is 4.72.